The highest BCUT2D eigenvalue weighted by Gasteiger charge is 2.21. The average molecular weight is 493 g/mol. The van der Waals surface area contributed by atoms with Crippen molar-refractivity contribution in [1.82, 2.24) is 10.3 Å². The van der Waals surface area contributed by atoms with E-state index in [1.165, 1.54) is 16.9 Å². The molecule has 0 radical (unpaired) electrons. The van der Waals surface area contributed by atoms with Crippen molar-refractivity contribution in [2.75, 3.05) is 0 Å². The smallest absolute Gasteiger partial charge is 0.407 e. The molecule has 1 N–H and O–H groups in total. The zero-order chi connectivity index (χ0) is 24.9. The number of aromatic nitrogens is 1. The van der Waals surface area contributed by atoms with Crippen LogP contribution in [0.2, 0.25) is 0 Å². The number of thiazole rings is 1. The second-order valence-electron chi connectivity index (χ2n) is 9.19. The summed E-state index contributed by atoms with van der Waals surface area (Å²) in [5.41, 5.74) is 4.13. The van der Waals surface area contributed by atoms with Crippen molar-refractivity contribution in [3.05, 3.63) is 88.4 Å². The maximum absolute atomic E-state index is 12.8. The zero-order valence-corrected chi connectivity index (χ0v) is 21.5. The Morgan fingerprint density at radius 2 is 1.63 bits per heavy atom. The van der Waals surface area contributed by atoms with Crippen LogP contribution in [-0.4, -0.2) is 22.9 Å². The molecule has 35 heavy (non-hydrogen) atoms. The molecular formula is C29H36N2O3S. The van der Waals surface area contributed by atoms with Crippen LogP contribution < -0.4 is 5.32 Å². The van der Waals surface area contributed by atoms with E-state index in [1.54, 1.807) is 11.7 Å². The first-order chi connectivity index (χ1) is 17.0. The second kappa shape index (κ2) is 14.4. The Morgan fingerprint density at radius 3 is 2.23 bits per heavy atom. The quantitative estimate of drug-likeness (QED) is 0.274. The van der Waals surface area contributed by atoms with E-state index < -0.39 is 6.09 Å². The number of hydrogen-bond acceptors (Lipinski definition) is 5. The van der Waals surface area contributed by atoms with Crippen LogP contribution in [0.1, 0.15) is 55.5 Å². The van der Waals surface area contributed by atoms with Crippen LogP contribution in [0.5, 0.6) is 0 Å². The Labute approximate surface area is 213 Å². The van der Waals surface area contributed by atoms with Gasteiger partial charge in [0.1, 0.15) is 12.4 Å². The predicted octanol–water partition coefficient (Wildman–Crippen LogP) is 6.63. The van der Waals surface area contributed by atoms with Gasteiger partial charge in [-0.3, -0.25) is 9.78 Å². The Hall–Kier alpha value is -2.99. The molecule has 0 unspecified atom stereocenters. The number of alkyl carbamates (subject to hydrolysis) is 1. The summed E-state index contributed by atoms with van der Waals surface area (Å²) in [6.45, 7) is 4.29. The standard InChI is InChI=1S/C29H36N2O3S/c1-3-22(2)28(32)18-25(16-23-10-6-4-7-11-23)14-15-26(17-24-12-8-5-9-13-24)31-29(33)34-20-27-19-30-21-35-27/h4-13,19,21-22,25-26H,3,14-18,20H2,1-2H3,(H,31,33)/t22-,25+,26+/m0/s1. The molecule has 1 amide bonds. The van der Waals surface area contributed by atoms with E-state index in [0.29, 0.717) is 18.6 Å². The van der Waals surface area contributed by atoms with E-state index in [1.807, 2.05) is 43.3 Å². The zero-order valence-electron chi connectivity index (χ0n) is 20.7. The molecular weight excluding hydrogens is 456 g/mol. The molecule has 2 aromatic carbocycles. The second-order valence-corrected chi connectivity index (χ2v) is 10.2. The van der Waals surface area contributed by atoms with Crippen molar-refractivity contribution in [2.24, 2.45) is 11.8 Å². The lowest BCUT2D eigenvalue weighted by Gasteiger charge is -2.23. The van der Waals surface area contributed by atoms with Crippen molar-refractivity contribution in [3.63, 3.8) is 0 Å². The Kier molecular flexibility index (Phi) is 11.0. The van der Waals surface area contributed by atoms with Gasteiger partial charge in [0.05, 0.1) is 10.4 Å². The summed E-state index contributed by atoms with van der Waals surface area (Å²) in [4.78, 5) is 30.3. The summed E-state index contributed by atoms with van der Waals surface area (Å²) in [7, 11) is 0. The number of amides is 1. The number of nitrogens with one attached hydrogen (secondary N) is 1. The van der Waals surface area contributed by atoms with Gasteiger partial charge in [0, 0.05) is 24.6 Å². The topological polar surface area (TPSA) is 68.3 Å². The van der Waals surface area contributed by atoms with E-state index in [2.05, 4.69) is 41.5 Å². The lowest BCUT2D eigenvalue weighted by molar-refractivity contribution is -0.123. The largest absolute Gasteiger partial charge is 0.444 e. The van der Waals surface area contributed by atoms with E-state index in [-0.39, 0.29) is 24.5 Å². The molecule has 3 rings (SSSR count). The van der Waals surface area contributed by atoms with E-state index in [9.17, 15) is 9.59 Å². The summed E-state index contributed by atoms with van der Waals surface area (Å²) in [6.07, 6.45) is 5.92. The van der Waals surface area contributed by atoms with Crippen molar-refractivity contribution < 1.29 is 14.3 Å². The Balaban J connectivity index is 1.65. The molecule has 0 fully saturated rings. The van der Waals surface area contributed by atoms with Gasteiger partial charge in [0.15, 0.2) is 0 Å². The maximum Gasteiger partial charge on any atom is 0.407 e. The van der Waals surface area contributed by atoms with E-state index in [4.69, 9.17) is 4.74 Å². The number of ketones is 1. The van der Waals surface area contributed by atoms with Gasteiger partial charge in [0.25, 0.3) is 0 Å². The highest BCUT2D eigenvalue weighted by molar-refractivity contribution is 7.09. The number of rotatable bonds is 14. The highest BCUT2D eigenvalue weighted by atomic mass is 32.1. The van der Waals surface area contributed by atoms with Gasteiger partial charge in [0.2, 0.25) is 0 Å². The minimum Gasteiger partial charge on any atom is -0.444 e. The van der Waals surface area contributed by atoms with E-state index >= 15 is 0 Å². The minimum atomic E-state index is -0.422. The van der Waals surface area contributed by atoms with Gasteiger partial charge < -0.3 is 10.1 Å². The number of benzene rings is 2. The molecule has 0 saturated heterocycles. The normalized spacial score (nSPS) is 13.5. The van der Waals surface area contributed by atoms with Gasteiger partial charge in [-0.05, 0) is 49.1 Å². The number of carbonyl (C=O) groups is 2. The summed E-state index contributed by atoms with van der Waals surface area (Å²) in [5.74, 6) is 0.630. The molecule has 0 aliphatic rings. The van der Waals surface area contributed by atoms with Gasteiger partial charge in [-0.1, -0.05) is 74.5 Å². The van der Waals surface area contributed by atoms with Crippen LogP contribution in [0.3, 0.4) is 0 Å². The van der Waals surface area contributed by atoms with Crippen molar-refractivity contribution in [2.45, 2.75) is 65.0 Å². The number of Topliss-reactive ketones (excluding diaryl/α,β-unsaturated/α-hetero) is 1. The van der Waals surface area contributed by atoms with Gasteiger partial charge in [-0.15, -0.1) is 11.3 Å². The van der Waals surface area contributed by atoms with Crippen molar-refractivity contribution in [3.8, 4) is 0 Å². The number of hydrogen-bond donors (Lipinski definition) is 1. The molecule has 3 atom stereocenters. The van der Waals surface area contributed by atoms with Crippen LogP contribution >= 0.6 is 11.3 Å². The lowest BCUT2D eigenvalue weighted by atomic mass is 9.85. The molecule has 5 nitrogen and oxygen atoms in total. The van der Waals surface area contributed by atoms with Crippen LogP contribution in [0.4, 0.5) is 4.79 Å². The molecule has 3 aromatic rings. The fourth-order valence-corrected chi connectivity index (χ4v) is 4.66. The molecule has 6 heteroatoms. The Bertz CT molecular complexity index is 1010. The van der Waals surface area contributed by atoms with E-state index in [0.717, 1.165) is 36.1 Å². The molecule has 0 saturated carbocycles. The SMILES string of the molecule is CC[C@H](C)C(=O)C[C@H](CC[C@H](Cc1ccccc1)NC(=O)OCc1cncs1)Cc1ccccc1. The summed E-state index contributed by atoms with van der Waals surface area (Å²) in [5, 5.41) is 3.07. The van der Waals surface area contributed by atoms with Crippen molar-refractivity contribution in [1.29, 1.82) is 0 Å². The third kappa shape index (κ3) is 9.65. The summed E-state index contributed by atoms with van der Waals surface area (Å²) in [6, 6.07) is 20.4. The molecule has 0 spiro atoms. The molecule has 1 aromatic heterocycles. The van der Waals surface area contributed by atoms with Gasteiger partial charge >= 0.3 is 6.09 Å². The fourth-order valence-electron chi connectivity index (χ4n) is 4.16. The number of nitrogens with zero attached hydrogens (tertiary/aromatic N) is 1. The minimum absolute atomic E-state index is 0.0771. The molecule has 0 bridgehead atoms. The van der Waals surface area contributed by atoms with Crippen LogP contribution in [-0.2, 0) is 29.0 Å². The molecule has 186 valence electrons. The number of ether oxygens (including phenoxy) is 1. The molecule has 0 aliphatic heterocycles. The van der Waals surface area contributed by atoms with Crippen LogP contribution in [0, 0.1) is 11.8 Å². The van der Waals surface area contributed by atoms with Gasteiger partial charge in [-0.25, -0.2) is 4.79 Å². The highest BCUT2D eigenvalue weighted by Crippen LogP contribution is 2.23. The summed E-state index contributed by atoms with van der Waals surface area (Å²) >= 11 is 1.46. The predicted molar refractivity (Wildman–Crippen MR) is 141 cm³/mol. The van der Waals surface area contributed by atoms with Crippen LogP contribution in [0.25, 0.3) is 0 Å². The maximum atomic E-state index is 12.8. The first-order valence-corrected chi connectivity index (χ1v) is 13.3. The first-order valence-electron chi connectivity index (χ1n) is 12.4. The summed E-state index contributed by atoms with van der Waals surface area (Å²) < 4.78 is 5.43. The van der Waals surface area contributed by atoms with Crippen molar-refractivity contribution >= 4 is 23.2 Å². The fraction of sp³-hybridized carbons (Fsp3) is 0.414. The molecule has 1 heterocycles. The monoisotopic (exact) mass is 492 g/mol. The third-order valence-electron chi connectivity index (χ3n) is 6.42. The average Bonchev–Trinajstić information content (AvgIpc) is 3.40. The third-order valence-corrected chi connectivity index (χ3v) is 7.17. The Morgan fingerprint density at radius 1 is 0.971 bits per heavy atom. The van der Waals surface area contributed by atoms with Gasteiger partial charge in [-0.2, -0.15) is 0 Å². The molecule has 0 aliphatic carbocycles. The lowest BCUT2D eigenvalue weighted by Crippen LogP contribution is -2.37. The number of carbonyl (C=O) groups excluding carboxylic acids is 2. The first kappa shape index (κ1) is 26.6. The van der Waals surface area contributed by atoms with Crippen LogP contribution in [0.15, 0.2) is 72.4 Å².